The number of carbonyl (C=O) groups is 1. The minimum absolute atomic E-state index is 0.186. The maximum atomic E-state index is 13.8. The van der Waals surface area contributed by atoms with Crippen LogP contribution in [0.3, 0.4) is 0 Å². The number of rotatable bonds is 3. The molecule has 8 heteroatoms. The van der Waals surface area contributed by atoms with Crippen LogP contribution in [0.5, 0.6) is 5.75 Å². The van der Waals surface area contributed by atoms with Crippen molar-refractivity contribution >= 4 is 16.8 Å². The third kappa shape index (κ3) is 3.22. The highest BCUT2D eigenvalue weighted by atomic mass is 19.4. The summed E-state index contributed by atoms with van der Waals surface area (Å²) in [7, 11) is 3.42. The number of carbonyl (C=O) groups excluding carboxylic acids is 1. The largest absolute Gasteiger partial charge is 0.573 e. The van der Waals surface area contributed by atoms with Crippen LogP contribution in [0, 0.1) is 5.82 Å². The van der Waals surface area contributed by atoms with E-state index in [0.29, 0.717) is 0 Å². The van der Waals surface area contributed by atoms with Gasteiger partial charge in [0.1, 0.15) is 0 Å². The van der Waals surface area contributed by atoms with Gasteiger partial charge < -0.3 is 4.74 Å². The van der Waals surface area contributed by atoms with E-state index < -0.39 is 24.0 Å². The van der Waals surface area contributed by atoms with Crippen molar-refractivity contribution in [2.24, 2.45) is 0 Å². The topological polar surface area (TPSA) is 34.5 Å². The second kappa shape index (κ2) is 5.60. The summed E-state index contributed by atoms with van der Waals surface area (Å²) < 4.78 is 55.2. The summed E-state index contributed by atoms with van der Waals surface area (Å²) in [6.45, 7) is 1.67. The molecule has 0 aliphatic carbocycles. The van der Waals surface area contributed by atoms with E-state index >= 15 is 0 Å². The lowest BCUT2D eigenvalue weighted by atomic mass is 10.2. The normalized spacial score (nSPS) is 13.6. The molecule has 0 unspecified atom stereocenters. The van der Waals surface area contributed by atoms with Crippen LogP contribution < -0.4 is 4.74 Å². The first-order chi connectivity index (χ1) is 10.1. The predicted molar refractivity (Wildman–Crippen MR) is 72.4 cm³/mol. The lowest BCUT2D eigenvalue weighted by molar-refractivity contribution is -0.275. The average molecular weight is 318 g/mol. The van der Waals surface area contributed by atoms with E-state index in [2.05, 4.69) is 4.74 Å². The molecule has 2 rings (SSSR count). The molecule has 0 saturated heterocycles. The van der Waals surface area contributed by atoms with Crippen LogP contribution in [0.4, 0.5) is 17.6 Å². The highest BCUT2D eigenvalue weighted by Gasteiger charge is 2.32. The number of hydrogen-bond acceptors (Lipinski definition) is 3. The summed E-state index contributed by atoms with van der Waals surface area (Å²) in [6, 6.07) is 2.74. The molecule has 1 aromatic carbocycles. The molecule has 0 aliphatic rings. The molecule has 22 heavy (non-hydrogen) atoms. The number of halogens is 4. The Hall–Kier alpha value is -2.09. The third-order valence-electron chi connectivity index (χ3n) is 3.34. The molecule has 1 atom stereocenters. The van der Waals surface area contributed by atoms with Gasteiger partial charge in [-0.15, -0.1) is 13.2 Å². The van der Waals surface area contributed by atoms with Crippen LogP contribution in [0.2, 0.25) is 0 Å². The summed E-state index contributed by atoms with van der Waals surface area (Å²) in [5.74, 6) is -2.43. The van der Waals surface area contributed by atoms with E-state index in [0.717, 1.165) is 12.1 Å². The quantitative estimate of drug-likeness (QED) is 0.815. The standard InChI is InChI=1S/C14H14F4N2O2/c1-8(19(2)3)13(21)20-5-4-9-6-12(22-14(16,17)18)10(15)7-11(9)20/h4-8H,1-3H3/t8-/m1/s1. The van der Waals surface area contributed by atoms with Gasteiger partial charge in [0.15, 0.2) is 11.6 Å². The van der Waals surface area contributed by atoms with Crippen molar-refractivity contribution in [2.75, 3.05) is 14.1 Å². The predicted octanol–water partition coefficient (Wildman–Crippen LogP) is 3.27. The van der Waals surface area contributed by atoms with Crippen molar-refractivity contribution < 1.29 is 27.1 Å². The lowest BCUT2D eigenvalue weighted by Gasteiger charge is -2.19. The van der Waals surface area contributed by atoms with Crippen molar-refractivity contribution in [3.05, 3.63) is 30.2 Å². The monoisotopic (exact) mass is 318 g/mol. The second-order valence-corrected chi connectivity index (χ2v) is 5.05. The molecular weight excluding hydrogens is 304 g/mol. The Kier molecular flexibility index (Phi) is 4.15. The highest BCUT2D eigenvalue weighted by Crippen LogP contribution is 2.30. The Bertz CT molecular complexity index is 707. The van der Waals surface area contributed by atoms with Crippen molar-refractivity contribution in [3.8, 4) is 5.75 Å². The Morgan fingerprint density at radius 1 is 1.32 bits per heavy atom. The number of alkyl halides is 3. The highest BCUT2D eigenvalue weighted by molar-refractivity contribution is 5.95. The number of likely N-dealkylation sites (N-methyl/N-ethyl adjacent to an activating group) is 1. The molecule has 0 amide bonds. The van der Waals surface area contributed by atoms with Gasteiger partial charge in [0.05, 0.1) is 11.6 Å². The molecule has 0 N–H and O–H groups in total. The van der Waals surface area contributed by atoms with Gasteiger partial charge in [-0.3, -0.25) is 14.3 Å². The zero-order valence-electron chi connectivity index (χ0n) is 12.1. The summed E-state index contributed by atoms with van der Waals surface area (Å²) in [5, 5.41) is 0.278. The summed E-state index contributed by atoms with van der Waals surface area (Å²) in [5.41, 5.74) is 0.186. The zero-order valence-corrected chi connectivity index (χ0v) is 12.1. The number of aromatic nitrogens is 1. The van der Waals surface area contributed by atoms with E-state index in [-0.39, 0.29) is 16.8 Å². The smallest absolute Gasteiger partial charge is 0.403 e. The minimum atomic E-state index is -4.98. The first-order valence-electron chi connectivity index (χ1n) is 6.37. The summed E-state index contributed by atoms with van der Waals surface area (Å²) >= 11 is 0. The molecule has 0 bridgehead atoms. The molecule has 0 fully saturated rings. The molecule has 2 aromatic rings. The SMILES string of the molecule is C[C@H](C(=O)n1ccc2cc(OC(F)(F)F)c(F)cc21)N(C)C. The maximum Gasteiger partial charge on any atom is 0.573 e. The zero-order chi connectivity index (χ0) is 16.7. The molecule has 0 saturated carbocycles. The van der Waals surface area contributed by atoms with E-state index in [1.807, 2.05) is 0 Å². The average Bonchev–Trinajstić information content (AvgIpc) is 2.78. The van der Waals surface area contributed by atoms with Gasteiger partial charge in [0.25, 0.3) is 0 Å². The second-order valence-electron chi connectivity index (χ2n) is 5.05. The Balaban J connectivity index is 2.46. The fourth-order valence-electron chi connectivity index (χ4n) is 1.95. The van der Waals surface area contributed by atoms with E-state index in [1.165, 1.54) is 16.8 Å². The lowest BCUT2D eigenvalue weighted by Crippen LogP contribution is -2.36. The molecule has 1 aromatic heterocycles. The van der Waals surface area contributed by atoms with Gasteiger partial charge in [-0.05, 0) is 33.2 Å². The summed E-state index contributed by atoms with van der Waals surface area (Å²) in [4.78, 5) is 13.9. The van der Waals surface area contributed by atoms with E-state index in [4.69, 9.17) is 0 Å². The fraction of sp³-hybridized carbons (Fsp3) is 0.357. The fourth-order valence-corrected chi connectivity index (χ4v) is 1.95. The first kappa shape index (κ1) is 16.3. The third-order valence-corrected chi connectivity index (χ3v) is 3.34. The molecule has 4 nitrogen and oxygen atoms in total. The number of hydrogen-bond donors (Lipinski definition) is 0. The van der Waals surface area contributed by atoms with Crippen LogP contribution in [0.1, 0.15) is 11.7 Å². The van der Waals surface area contributed by atoms with Gasteiger partial charge in [0, 0.05) is 17.6 Å². The number of nitrogens with zero attached hydrogens (tertiary/aromatic N) is 2. The molecule has 0 spiro atoms. The van der Waals surface area contributed by atoms with Crippen LogP contribution in [0.25, 0.3) is 10.9 Å². The molecule has 0 radical (unpaired) electrons. The van der Waals surface area contributed by atoms with Crippen LogP contribution in [0.15, 0.2) is 24.4 Å². The molecule has 120 valence electrons. The Morgan fingerprint density at radius 3 is 2.50 bits per heavy atom. The number of ether oxygens (including phenoxy) is 1. The molecule has 0 aliphatic heterocycles. The summed E-state index contributed by atoms with van der Waals surface area (Å²) in [6.07, 6.45) is -3.59. The Morgan fingerprint density at radius 2 is 1.95 bits per heavy atom. The van der Waals surface area contributed by atoms with Crippen LogP contribution in [-0.2, 0) is 0 Å². The minimum Gasteiger partial charge on any atom is -0.403 e. The van der Waals surface area contributed by atoms with Crippen LogP contribution >= 0.6 is 0 Å². The van der Waals surface area contributed by atoms with Crippen LogP contribution in [-0.4, -0.2) is 41.9 Å². The maximum absolute atomic E-state index is 13.8. The van der Waals surface area contributed by atoms with Gasteiger partial charge in [-0.25, -0.2) is 4.39 Å². The van der Waals surface area contributed by atoms with Gasteiger partial charge in [-0.1, -0.05) is 0 Å². The van der Waals surface area contributed by atoms with Gasteiger partial charge in [-0.2, -0.15) is 0 Å². The van der Waals surface area contributed by atoms with E-state index in [9.17, 15) is 22.4 Å². The van der Waals surface area contributed by atoms with E-state index in [1.54, 1.807) is 25.9 Å². The van der Waals surface area contributed by atoms with Crippen molar-refractivity contribution in [2.45, 2.75) is 19.3 Å². The number of benzene rings is 1. The van der Waals surface area contributed by atoms with Crippen molar-refractivity contribution in [3.63, 3.8) is 0 Å². The van der Waals surface area contributed by atoms with Crippen molar-refractivity contribution in [1.29, 1.82) is 0 Å². The van der Waals surface area contributed by atoms with Gasteiger partial charge >= 0.3 is 6.36 Å². The molecular formula is C14H14F4N2O2. The van der Waals surface area contributed by atoms with Gasteiger partial charge in [0.2, 0.25) is 5.91 Å². The first-order valence-corrected chi connectivity index (χ1v) is 6.37. The Labute approximate surface area is 123 Å². The molecule has 1 heterocycles. The van der Waals surface area contributed by atoms with Crippen molar-refractivity contribution in [1.82, 2.24) is 9.47 Å². The number of fused-ring (bicyclic) bond motifs is 1.